The summed E-state index contributed by atoms with van der Waals surface area (Å²) in [7, 11) is 2.06. The van der Waals surface area contributed by atoms with E-state index in [2.05, 4.69) is 33.2 Å². The molecule has 104 valence electrons. The topological polar surface area (TPSA) is 32.3 Å². The molecule has 1 aliphatic rings. The van der Waals surface area contributed by atoms with Crippen molar-refractivity contribution in [2.75, 3.05) is 20.1 Å². The molecule has 1 aliphatic heterocycles. The van der Waals surface area contributed by atoms with Crippen LogP contribution in [-0.4, -0.2) is 37.0 Å². The van der Waals surface area contributed by atoms with Crippen LogP contribution in [0.2, 0.25) is 0 Å². The normalized spacial score (nSPS) is 20.3. The highest BCUT2D eigenvalue weighted by atomic mass is 79.9. The molecular formula is C14H18BrFN2O. The first-order chi connectivity index (χ1) is 9.09. The summed E-state index contributed by atoms with van der Waals surface area (Å²) in [5.74, 6) is -0.854. The van der Waals surface area contributed by atoms with E-state index in [0.29, 0.717) is 17.1 Å². The maximum absolute atomic E-state index is 13.6. The molecule has 0 aromatic heterocycles. The average Bonchev–Trinajstić information content (AvgIpc) is 2.37. The summed E-state index contributed by atoms with van der Waals surface area (Å²) in [5.41, 5.74) is 0.0842. The number of rotatable bonds is 3. The number of piperidine rings is 1. The van der Waals surface area contributed by atoms with E-state index in [0.717, 1.165) is 13.0 Å². The summed E-state index contributed by atoms with van der Waals surface area (Å²) in [6.45, 7) is 1.63. The molecule has 5 heteroatoms. The molecule has 1 amide bonds. The van der Waals surface area contributed by atoms with E-state index in [4.69, 9.17) is 0 Å². The molecule has 0 bridgehead atoms. The molecule has 0 radical (unpaired) electrons. The van der Waals surface area contributed by atoms with Gasteiger partial charge in [-0.05, 0) is 54.5 Å². The SMILES string of the molecule is CN1CCCCC1CNC(=O)c1c(F)cccc1Br. The zero-order valence-electron chi connectivity index (χ0n) is 11.0. The third kappa shape index (κ3) is 3.54. The first-order valence-electron chi connectivity index (χ1n) is 6.52. The van der Waals surface area contributed by atoms with Crippen LogP contribution in [0.15, 0.2) is 22.7 Å². The van der Waals surface area contributed by atoms with Crippen LogP contribution in [0.25, 0.3) is 0 Å². The van der Waals surface area contributed by atoms with Gasteiger partial charge in [0.25, 0.3) is 5.91 Å². The number of hydrogen-bond donors (Lipinski definition) is 1. The molecule has 0 spiro atoms. The number of likely N-dealkylation sites (N-methyl/N-ethyl adjacent to an activating group) is 1. The Bertz CT molecular complexity index is 447. The molecule has 1 aromatic carbocycles. The van der Waals surface area contributed by atoms with Crippen LogP contribution in [0.4, 0.5) is 4.39 Å². The van der Waals surface area contributed by atoms with Crippen molar-refractivity contribution in [3.8, 4) is 0 Å². The third-order valence-corrected chi connectivity index (χ3v) is 4.27. The Kier molecular flexibility index (Phi) is 4.93. The molecule has 0 aliphatic carbocycles. The number of benzene rings is 1. The second-order valence-electron chi connectivity index (χ2n) is 4.94. The third-order valence-electron chi connectivity index (χ3n) is 3.61. The number of likely N-dealkylation sites (tertiary alicyclic amines) is 1. The molecule has 19 heavy (non-hydrogen) atoms. The van der Waals surface area contributed by atoms with Crippen LogP contribution in [0.5, 0.6) is 0 Å². The van der Waals surface area contributed by atoms with Crippen molar-refractivity contribution in [3.63, 3.8) is 0 Å². The molecule has 3 nitrogen and oxygen atoms in total. The van der Waals surface area contributed by atoms with Crippen molar-refractivity contribution in [1.82, 2.24) is 10.2 Å². The minimum Gasteiger partial charge on any atom is -0.350 e. The van der Waals surface area contributed by atoms with Crippen molar-refractivity contribution in [3.05, 3.63) is 34.1 Å². The molecule has 1 aromatic rings. The van der Waals surface area contributed by atoms with Crippen LogP contribution >= 0.6 is 15.9 Å². The largest absolute Gasteiger partial charge is 0.350 e. The van der Waals surface area contributed by atoms with Gasteiger partial charge in [0.2, 0.25) is 0 Å². The number of amides is 1. The van der Waals surface area contributed by atoms with Gasteiger partial charge in [0, 0.05) is 17.1 Å². The summed E-state index contributed by atoms with van der Waals surface area (Å²) in [6, 6.07) is 4.89. The van der Waals surface area contributed by atoms with Crippen LogP contribution in [0.1, 0.15) is 29.6 Å². The minimum absolute atomic E-state index is 0.0842. The molecule has 0 saturated carbocycles. The highest BCUT2D eigenvalue weighted by Gasteiger charge is 2.21. The molecule has 1 fully saturated rings. The summed E-state index contributed by atoms with van der Waals surface area (Å²) < 4.78 is 14.1. The summed E-state index contributed by atoms with van der Waals surface area (Å²) in [6.07, 6.45) is 3.48. The summed E-state index contributed by atoms with van der Waals surface area (Å²) >= 11 is 3.21. The fourth-order valence-electron chi connectivity index (χ4n) is 2.42. The lowest BCUT2D eigenvalue weighted by molar-refractivity contribution is 0.0923. The number of carbonyl (C=O) groups excluding carboxylic acids is 1. The van der Waals surface area contributed by atoms with Crippen molar-refractivity contribution in [1.29, 1.82) is 0 Å². The van der Waals surface area contributed by atoms with Gasteiger partial charge in [-0.15, -0.1) is 0 Å². The summed E-state index contributed by atoms with van der Waals surface area (Å²) in [4.78, 5) is 14.3. The van der Waals surface area contributed by atoms with Crippen LogP contribution in [0, 0.1) is 5.82 Å². The van der Waals surface area contributed by atoms with Gasteiger partial charge in [-0.3, -0.25) is 4.79 Å². The molecule has 1 saturated heterocycles. The molecule has 1 unspecified atom stereocenters. The maximum Gasteiger partial charge on any atom is 0.255 e. The predicted molar refractivity (Wildman–Crippen MR) is 76.7 cm³/mol. The van der Waals surface area contributed by atoms with Gasteiger partial charge in [-0.1, -0.05) is 12.5 Å². The monoisotopic (exact) mass is 328 g/mol. The molecule has 1 atom stereocenters. The van der Waals surface area contributed by atoms with Crippen molar-refractivity contribution in [2.45, 2.75) is 25.3 Å². The van der Waals surface area contributed by atoms with Gasteiger partial charge >= 0.3 is 0 Å². The maximum atomic E-state index is 13.6. The van der Waals surface area contributed by atoms with E-state index in [1.165, 1.54) is 18.9 Å². The molecule has 1 N–H and O–H groups in total. The van der Waals surface area contributed by atoms with E-state index >= 15 is 0 Å². The number of carbonyl (C=O) groups is 1. The van der Waals surface area contributed by atoms with E-state index in [9.17, 15) is 9.18 Å². The van der Waals surface area contributed by atoms with Gasteiger partial charge < -0.3 is 10.2 Å². The molecular weight excluding hydrogens is 311 g/mol. The average molecular weight is 329 g/mol. The molecule has 2 rings (SSSR count). The van der Waals surface area contributed by atoms with Crippen LogP contribution < -0.4 is 5.32 Å². The lowest BCUT2D eigenvalue weighted by Crippen LogP contribution is -2.44. The molecule has 1 heterocycles. The lowest BCUT2D eigenvalue weighted by Gasteiger charge is -2.32. The first-order valence-corrected chi connectivity index (χ1v) is 7.31. The highest BCUT2D eigenvalue weighted by Crippen LogP contribution is 2.20. The Hall–Kier alpha value is -0.940. The standard InChI is InChI=1S/C14H18BrFN2O/c1-18-8-3-2-5-10(18)9-17-14(19)13-11(15)6-4-7-12(13)16/h4,6-7,10H,2-3,5,8-9H2,1H3,(H,17,19). The fraction of sp³-hybridized carbons (Fsp3) is 0.500. The Labute approximate surface area is 121 Å². The summed E-state index contributed by atoms with van der Waals surface area (Å²) in [5, 5.41) is 2.83. The first kappa shape index (κ1) is 14.5. The fourth-order valence-corrected chi connectivity index (χ4v) is 2.94. The Morgan fingerprint density at radius 1 is 1.53 bits per heavy atom. The van der Waals surface area contributed by atoms with Crippen molar-refractivity contribution < 1.29 is 9.18 Å². The number of nitrogens with one attached hydrogen (secondary N) is 1. The van der Waals surface area contributed by atoms with E-state index in [1.807, 2.05) is 0 Å². The second-order valence-corrected chi connectivity index (χ2v) is 5.79. The van der Waals surface area contributed by atoms with Crippen LogP contribution in [0.3, 0.4) is 0 Å². The van der Waals surface area contributed by atoms with Gasteiger partial charge in [0.15, 0.2) is 0 Å². The number of halogens is 2. The minimum atomic E-state index is -0.496. The predicted octanol–water partition coefficient (Wildman–Crippen LogP) is 2.80. The Balaban J connectivity index is 1.97. The zero-order chi connectivity index (χ0) is 13.8. The van der Waals surface area contributed by atoms with Gasteiger partial charge in [-0.2, -0.15) is 0 Å². The Morgan fingerprint density at radius 2 is 2.32 bits per heavy atom. The zero-order valence-corrected chi connectivity index (χ0v) is 12.5. The second kappa shape index (κ2) is 6.48. The van der Waals surface area contributed by atoms with E-state index < -0.39 is 5.82 Å². The quantitative estimate of drug-likeness (QED) is 0.925. The Morgan fingerprint density at radius 3 is 3.00 bits per heavy atom. The van der Waals surface area contributed by atoms with E-state index in [1.54, 1.807) is 12.1 Å². The lowest BCUT2D eigenvalue weighted by atomic mass is 10.0. The van der Waals surface area contributed by atoms with Gasteiger partial charge in [0.1, 0.15) is 5.82 Å². The highest BCUT2D eigenvalue weighted by molar-refractivity contribution is 9.10. The van der Waals surface area contributed by atoms with Crippen LogP contribution in [-0.2, 0) is 0 Å². The van der Waals surface area contributed by atoms with Gasteiger partial charge in [0.05, 0.1) is 5.56 Å². The number of hydrogen-bond acceptors (Lipinski definition) is 2. The smallest absolute Gasteiger partial charge is 0.255 e. The van der Waals surface area contributed by atoms with E-state index in [-0.39, 0.29) is 11.5 Å². The van der Waals surface area contributed by atoms with Gasteiger partial charge in [-0.25, -0.2) is 4.39 Å². The van der Waals surface area contributed by atoms with Crippen molar-refractivity contribution in [2.24, 2.45) is 0 Å². The van der Waals surface area contributed by atoms with Crippen molar-refractivity contribution >= 4 is 21.8 Å². The number of nitrogens with zero attached hydrogens (tertiary/aromatic N) is 1.